The number of amides is 1. The number of hydrogen-bond donors (Lipinski definition) is 2. The van der Waals surface area contributed by atoms with E-state index in [0.717, 1.165) is 23.0 Å². The van der Waals surface area contributed by atoms with Crippen molar-refractivity contribution >= 4 is 11.4 Å². The molecule has 0 spiro atoms. The number of aryl methyl sites for hydroxylation is 1. The Morgan fingerprint density at radius 3 is 2.70 bits per heavy atom. The number of fused-ring (bicyclic) bond motifs is 1. The summed E-state index contributed by atoms with van der Waals surface area (Å²) in [7, 11) is 0. The maximum atomic E-state index is 13.3. The van der Waals surface area contributed by atoms with E-state index < -0.39 is 23.5 Å². The van der Waals surface area contributed by atoms with E-state index in [1.54, 1.807) is 6.20 Å². The topological polar surface area (TPSA) is 74.6 Å². The lowest BCUT2D eigenvalue weighted by Gasteiger charge is -2.37. The van der Waals surface area contributed by atoms with Gasteiger partial charge in [-0.2, -0.15) is 13.2 Å². The Morgan fingerprint density at radius 2 is 2.00 bits per heavy atom. The molecule has 1 aliphatic heterocycles. The van der Waals surface area contributed by atoms with Crippen LogP contribution in [-0.2, 0) is 23.1 Å². The van der Waals surface area contributed by atoms with Crippen molar-refractivity contribution in [3.8, 4) is 0 Å². The lowest BCUT2D eigenvalue weighted by atomic mass is 10.0. The highest BCUT2D eigenvalue weighted by Gasteiger charge is 2.35. The van der Waals surface area contributed by atoms with E-state index >= 15 is 0 Å². The molecule has 33 heavy (non-hydrogen) atoms. The maximum absolute atomic E-state index is 13.3. The molecule has 7 nitrogen and oxygen atoms in total. The molecule has 1 aliphatic rings. The van der Waals surface area contributed by atoms with Crippen LogP contribution in [0.5, 0.6) is 0 Å². The number of pyridine rings is 2. The van der Waals surface area contributed by atoms with Crippen molar-refractivity contribution in [2.75, 3.05) is 19.6 Å². The Morgan fingerprint density at radius 1 is 1.21 bits per heavy atom. The number of nitrogens with zero attached hydrogens (tertiary/aromatic N) is 4. The molecule has 3 aromatic rings. The molecule has 3 aromatic heterocycles. The number of carbonyl (C=O) groups is 1. The second-order valence-electron chi connectivity index (χ2n) is 8.88. The third-order valence-corrected chi connectivity index (χ3v) is 5.93. The Hall–Kier alpha value is -2.98. The van der Waals surface area contributed by atoms with E-state index in [1.165, 1.54) is 12.3 Å². The molecule has 0 radical (unpaired) electrons. The predicted octanol–water partition coefficient (Wildman–Crippen LogP) is 2.88. The zero-order chi connectivity index (χ0) is 23.8. The van der Waals surface area contributed by atoms with Crippen molar-refractivity contribution in [1.29, 1.82) is 0 Å². The van der Waals surface area contributed by atoms with Gasteiger partial charge >= 0.3 is 6.18 Å². The minimum Gasteiger partial charge on any atom is -0.343 e. The molecule has 1 atom stereocenters. The van der Waals surface area contributed by atoms with Crippen LogP contribution < -0.4 is 10.6 Å². The van der Waals surface area contributed by atoms with Crippen LogP contribution in [0.25, 0.3) is 5.52 Å². The maximum Gasteiger partial charge on any atom is 0.433 e. The Balaban J connectivity index is 1.50. The zero-order valence-corrected chi connectivity index (χ0v) is 18.8. The summed E-state index contributed by atoms with van der Waals surface area (Å²) in [5, 5.41) is 6.35. The largest absolute Gasteiger partial charge is 0.433 e. The zero-order valence-electron chi connectivity index (χ0n) is 18.8. The molecule has 4 heterocycles. The molecule has 176 valence electrons. The number of halogens is 3. The summed E-state index contributed by atoms with van der Waals surface area (Å²) in [6.07, 6.45) is 0.467. The highest BCUT2D eigenvalue weighted by Crippen LogP contribution is 2.27. The fourth-order valence-electron chi connectivity index (χ4n) is 4.19. The van der Waals surface area contributed by atoms with Gasteiger partial charge in [-0.25, -0.2) is 4.98 Å². The summed E-state index contributed by atoms with van der Waals surface area (Å²) < 4.78 is 40.4. The van der Waals surface area contributed by atoms with Crippen LogP contribution in [0.15, 0.2) is 42.9 Å². The summed E-state index contributed by atoms with van der Waals surface area (Å²) >= 11 is 0. The SMILES string of the molecule is Cc1cccn2c(C(C)(C)NC(=O)[C@@H]3CNCCN3Cc3ccc(C(F)(F)F)nc3)ncc12. The molecule has 1 saturated heterocycles. The molecule has 0 saturated carbocycles. The molecule has 0 bridgehead atoms. The average Bonchev–Trinajstić information content (AvgIpc) is 3.20. The third-order valence-electron chi connectivity index (χ3n) is 5.93. The van der Waals surface area contributed by atoms with E-state index in [1.807, 2.05) is 48.4 Å². The Labute approximate surface area is 190 Å². The number of carbonyl (C=O) groups excluding carboxylic acids is 1. The van der Waals surface area contributed by atoms with E-state index in [0.29, 0.717) is 31.7 Å². The number of alkyl halides is 3. The van der Waals surface area contributed by atoms with Gasteiger partial charge < -0.3 is 15.0 Å². The first-order chi connectivity index (χ1) is 15.6. The van der Waals surface area contributed by atoms with Gasteiger partial charge in [-0.15, -0.1) is 0 Å². The Bertz CT molecular complexity index is 1140. The van der Waals surface area contributed by atoms with Gasteiger partial charge in [-0.05, 0) is 44.0 Å². The van der Waals surface area contributed by atoms with Crippen LogP contribution in [0.4, 0.5) is 13.2 Å². The van der Waals surface area contributed by atoms with Gasteiger partial charge in [0.15, 0.2) is 0 Å². The van der Waals surface area contributed by atoms with Crippen LogP contribution in [0.2, 0.25) is 0 Å². The number of nitrogens with one attached hydrogen (secondary N) is 2. The molecule has 4 rings (SSSR count). The van der Waals surface area contributed by atoms with Crippen LogP contribution in [-0.4, -0.2) is 50.9 Å². The Kier molecular flexibility index (Phi) is 6.15. The van der Waals surface area contributed by atoms with Gasteiger partial charge in [0.1, 0.15) is 17.6 Å². The second-order valence-corrected chi connectivity index (χ2v) is 8.88. The van der Waals surface area contributed by atoms with Gasteiger partial charge in [0.25, 0.3) is 0 Å². The van der Waals surface area contributed by atoms with E-state index in [9.17, 15) is 18.0 Å². The van der Waals surface area contributed by atoms with Crippen LogP contribution in [0.3, 0.4) is 0 Å². The lowest BCUT2D eigenvalue weighted by molar-refractivity contribution is -0.141. The average molecular weight is 461 g/mol. The summed E-state index contributed by atoms with van der Waals surface area (Å²) in [5.74, 6) is 0.549. The molecule has 1 amide bonds. The summed E-state index contributed by atoms with van der Waals surface area (Å²) in [5.41, 5.74) is 1.02. The van der Waals surface area contributed by atoms with Gasteiger partial charge in [0.2, 0.25) is 5.91 Å². The molecule has 0 aromatic carbocycles. The number of aromatic nitrogens is 3. The first-order valence-corrected chi connectivity index (χ1v) is 10.8. The third kappa shape index (κ3) is 4.86. The first-order valence-electron chi connectivity index (χ1n) is 10.8. The van der Waals surface area contributed by atoms with E-state index in [-0.39, 0.29) is 5.91 Å². The van der Waals surface area contributed by atoms with E-state index in [4.69, 9.17) is 0 Å². The van der Waals surface area contributed by atoms with Crippen molar-refractivity contribution in [2.24, 2.45) is 0 Å². The van der Waals surface area contributed by atoms with Crippen molar-refractivity contribution in [2.45, 2.75) is 45.1 Å². The van der Waals surface area contributed by atoms with Gasteiger partial charge in [0.05, 0.1) is 17.3 Å². The monoisotopic (exact) mass is 460 g/mol. The summed E-state index contributed by atoms with van der Waals surface area (Å²) in [6.45, 7) is 7.86. The normalized spacial score (nSPS) is 17.9. The number of imidazole rings is 1. The van der Waals surface area contributed by atoms with Crippen molar-refractivity contribution < 1.29 is 18.0 Å². The predicted molar refractivity (Wildman–Crippen MR) is 117 cm³/mol. The van der Waals surface area contributed by atoms with Gasteiger partial charge in [-0.3, -0.25) is 14.7 Å². The molecular weight excluding hydrogens is 433 g/mol. The van der Waals surface area contributed by atoms with Crippen molar-refractivity contribution in [3.63, 3.8) is 0 Å². The van der Waals surface area contributed by atoms with Crippen LogP contribution in [0.1, 0.15) is 36.5 Å². The summed E-state index contributed by atoms with van der Waals surface area (Å²) in [4.78, 5) is 23.4. The van der Waals surface area contributed by atoms with Crippen LogP contribution in [0, 0.1) is 6.92 Å². The molecule has 0 aliphatic carbocycles. The fourth-order valence-corrected chi connectivity index (χ4v) is 4.19. The second kappa shape index (κ2) is 8.75. The quantitative estimate of drug-likeness (QED) is 0.613. The highest BCUT2D eigenvalue weighted by molar-refractivity contribution is 5.83. The van der Waals surface area contributed by atoms with Gasteiger partial charge in [0, 0.05) is 38.6 Å². The first kappa shape index (κ1) is 23.2. The smallest absolute Gasteiger partial charge is 0.343 e. The molecular formula is C23H27F3N6O. The molecule has 1 fully saturated rings. The molecule has 2 N–H and O–H groups in total. The minimum absolute atomic E-state index is 0.170. The summed E-state index contributed by atoms with van der Waals surface area (Å²) in [6, 6.07) is 5.86. The number of hydrogen-bond acceptors (Lipinski definition) is 5. The van der Waals surface area contributed by atoms with Crippen LogP contribution >= 0.6 is 0 Å². The molecule has 10 heteroatoms. The fraction of sp³-hybridized carbons (Fsp3) is 0.435. The molecule has 0 unspecified atom stereocenters. The van der Waals surface area contributed by atoms with Crippen molar-refractivity contribution in [3.05, 3.63) is 65.5 Å². The van der Waals surface area contributed by atoms with Gasteiger partial charge in [-0.1, -0.05) is 12.1 Å². The highest BCUT2D eigenvalue weighted by atomic mass is 19.4. The number of rotatable bonds is 5. The number of piperazine rings is 1. The van der Waals surface area contributed by atoms with Crippen molar-refractivity contribution in [1.82, 2.24) is 29.9 Å². The van der Waals surface area contributed by atoms with E-state index in [2.05, 4.69) is 20.6 Å². The lowest BCUT2D eigenvalue weighted by Crippen LogP contribution is -2.59. The standard InChI is InChI=1S/C23H27F3N6O/c1-15-5-4-9-32-17(15)13-29-21(32)22(2,3)30-20(33)18-12-27-8-10-31(18)14-16-6-7-19(28-11-16)23(24,25)26/h4-7,9,11,13,18,27H,8,10,12,14H2,1-3H3,(H,30,33)/t18-/m0/s1. The minimum atomic E-state index is -4.48.